The summed E-state index contributed by atoms with van der Waals surface area (Å²) in [5, 5.41) is 7.56. The van der Waals surface area contributed by atoms with E-state index in [0.717, 1.165) is 23.2 Å². The summed E-state index contributed by atoms with van der Waals surface area (Å²) in [7, 11) is 0. The average molecular weight is 316 g/mol. The van der Waals surface area contributed by atoms with E-state index in [1.807, 2.05) is 36.6 Å². The third-order valence-electron chi connectivity index (χ3n) is 3.39. The molecule has 0 aliphatic heterocycles. The van der Waals surface area contributed by atoms with Crippen molar-refractivity contribution in [3.05, 3.63) is 51.7 Å². The van der Waals surface area contributed by atoms with Crippen LogP contribution in [0.3, 0.4) is 0 Å². The van der Waals surface area contributed by atoms with Crippen LogP contribution in [0, 0.1) is 6.92 Å². The Morgan fingerprint density at radius 3 is 2.68 bits per heavy atom. The van der Waals surface area contributed by atoms with Crippen LogP contribution in [-0.4, -0.2) is 18.4 Å². The highest BCUT2D eigenvalue weighted by Crippen LogP contribution is 2.21. The van der Waals surface area contributed by atoms with E-state index in [9.17, 15) is 9.59 Å². The van der Waals surface area contributed by atoms with Crippen molar-refractivity contribution in [2.45, 2.75) is 26.7 Å². The van der Waals surface area contributed by atoms with Gasteiger partial charge in [0.25, 0.3) is 5.91 Å². The van der Waals surface area contributed by atoms with E-state index in [-0.39, 0.29) is 18.2 Å². The van der Waals surface area contributed by atoms with Crippen LogP contribution < -0.4 is 10.6 Å². The van der Waals surface area contributed by atoms with Gasteiger partial charge in [0.05, 0.1) is 4.88 Å². The number of carbonyl (C=O) groups is 2. The molecule has 1 heterocycles. The number of hydrogen-bond donors (Lipinski definition) is 2. The van der Waals surface area contributed by atoms with Gasteiger partial charge in [-0.15, -0.1) is 11.3 Å². The van der Waals surface area contributed by atoms with Crippen LogP contribution >= 0.6 is 11.3 Å². The van der Waals surface area contributed by atoms with Crippen molar-refractivity contribution in [2.24, 2.45) is 0 Å². The summed E-state index contributed by atoms with van der Waals surface area (Å²) in [5.41, 5.74) is 3.06. The minimum absolute atomic E-state index is 0.0875. The van der Waals surface area contributed by atoms with E-state index in [4.69, 9.17) is 0 Å². The molecule has 0 aliphatic rings. The quantitative estimate of drug-likeness (QED) is 0.858. The molecule has 0 radical (unpaired) electrons. The second kappa shape index (κ2) is 7.75. The zero-order chi connectivity index (χ0) is 15.9. The average Bonchev–Trinajstić information content (AvgIpc) is 3.03. The fourth-order valence-corrected chi connectivity index (χ4v) is 2.83. The Morgan fingerprint density at radius 2 is 2.00 bits per heavy atom. The van der Waals surface area contributed by atoms with Gasteiger partial charge in [-0.05, 0) is 35.9 Å². The van der Waals surface area contributed by atoms with Crippen LogP contribution in [0.15, 0.2) is 35.7 Å². The van der Waals surface area contributed by atoms with Crippen molar-refractivity contribution < 1.29 is 9.59 Å². The number of hydrogen-bond acceptors (Lipinski definition) is 3. The maximum absolute atomic E-state index is 12.0. The normalized spacial score (nSPS) is 10.3. The lowest BCUT2D eigenvalue weighted by atomic mass is 10.1. The third kappa shape index (κ3) is 4.18. The first-order valence-corrected chi connectivity index (χ1v) is 8.19. The number of nitrogens with one attached hydrogen (secondary N) is 2. The Labute approximate surface area is 134 Å². The first kappa shape index (κ1) is 16.2. The first-order valence-electron chi connectivity index (χ1n) is 7.32. The summed E-state index contributed by atoms with van der Waals surface area (Å²) in [6.07, 6.45) is 1.13. The molecular weight excluding hydrogens is 296 g/mol. The molecule has 1 aromatic carbocycles. The molecule has 116 valence electrons. The van der Waals surface area contributed by atoms with E-state index < -0.39 is 0 Å². The molecule has 1 aromatic heterocycles. The first-order chi connectivity index (χ1) is 10.6. The van der Waals surface area contributed by atoms with E-state index in [2.05, 4.69) is 17.6 Å². The largest absolute Gasteiger partial charge is 0.351 e. The Bertz CT molecular complexity index is 651. The van der Waals surface area contributed by atoms with Gasteiger partial charge >= 0.3 is 0 Å². The van der Waals surface area contributed by atoms with Crippen LogP contribution in [0.1, 0.15) is 34.1 Å². The number of thiophene rings is 1. The van der Waals surface area contributed by atoms with E-state index in [1.165, 1.54) is 11.3 Å². The van der Waals surface area contributed by atoms with Crippen LogP contribution in [0.4, 0.5) is 5.69 Å². The molecule has 2 aromatic rings. The van der Waals surface area contributed by atoms with E-state index in [1.54, 1.807) is 6.07 Å². The molecule has 0 unspecified atom stereocenters. The van der Waals surface area contributed by atoms with Crippen LogP contribution in [-0.2, 0) is 11.2 Å². The summed E-state index contributed by atoms with van der Waals surface area (Å²) >= 11 is 1.39. The fourth-order valence-electron chi connectivity index (χ4n) is 2.19. The number of amides is 2. The van der Waals surface area contributed by atoms with Crippen LogP contribution in [0.2, 0.25) is 0 Å². The predicted molar refractivity (Wildman–Crippen MR) is 90.5 cm³/mol. The molecule has 2 rings (SSSR count). The summed E-state index contributed by atoms with van der Waals surface area (Å²) in [6, 6.07) is 9.58. The molecule has 0 aliphatic carbocycles. The summed E-state index contributed by atoms with van der Waals surface area (Å²) < 4.78 is 0. The molecule has 4 nitrogen and oxygen atoms in total. The molecule has 0 fully saturated rings. The van der Waals surface area contributed by atoms with Crippen molar-refractivity contribution in [1.82, 2.24) is 5.32 Å². The SMILES string of the molecule is CCc1cccc(C)c1NC(=O)CCNC(=O)c1cccs1. The lowest BCUT2D eigenvalue weighted by Crippen LogP contribution is -2.27. The van der Waals surface area contributed by atoms with Gasteiger partial charge in [-0.25, -0.2) is 0 Å². The number of benzene rings is 1. The van der Waals surface area contributed by atoms with Crippen LogP contribution in [0.5, 0.6) is 0 Å². The number of para-hydroxylation sites is 1. The lowest BCUT2D eigenvalue weighted by molar-refractivity contribution is -0.116. The third-order valence-corrected chi connectivity index (χ3v) is 4.26. The predicted octanol–water partition coefficient (Wildman–Crippen LogP) is 3.38. The minimum atomic E-state index is -0.132. The summed E-state index contributed by atoms with van der Waals surface area (Å²) in [5.74, 6) is -0.219. The highest BCUT2D eigenvalue weighted by Gasteiger charge is 2.10. The van der Waals surface area contributed by atoms with Gasteiger partial charge in [0.1, 0.15) is 0 Å². The van der Waals surface area contributed by atoms with Gasteiger partial charge in [-0.2, -0.15) is 0 Å². The molecular formula is C17H20N2O2S. The highest BCUT2D eigenvalue weighted by atomic mass is 32.1. The highest BCUT2D eigenvalue weighted by molar-refractivity contribution is 7.12. The number of anilines is 1. The Morgan fingerprint density at radius 1 is 1.18 bits per heavy atom. The monoisotopic (exact) mass is 316 g/mol. The van der Waals surface area contributed by atoms with Gasteiger partial charge < -0.3 is 10.6 Å². The Hall–Kier alpha value is -2.14. The zero-order valence-corrected chi connectivity index (χ0v) is 13.6. The molecule has 0 spiro atoms. The Kier molecular flexibility index (Phi) is 5.72. The maximum atomic E-state index is 12.0. The van der Waals surface area contributed by atoms with Crippen molar-refractivity contribution in [1.29, 1.82) is 0 Å². The van der Waals surface area contributed by atoms with Gasteiger partial charge in [0, 0.05) is 18.7 Å². The van der Waals surface area contributed by atoms with Crippen molar-refractivity contribution in [3.63, 3.8) is 0 Å². The number of rotatable bonds is 6. The van der Waals surface area contributed by atoms with Crippen molar-refractivity contribution >= 4 is 28.8 Å². The molecule has 0 atom stereocenters. The minimum Gasteiger partial charge on any atom is -0.351 e. The molecule has 2 amide bonds. The van der Waals surface area contributed by atoms with Crippen molar-refractivity contribution in [2.75, 3.05) is 11.9 Å². The van der Waals surface area contributed by atoms with Gasteiger partial charge in [-0.3, -0.25) is 9.59 Å². The van der Waals surface area contributed by atoms with Crippen LogP contribution in [0.25, 0.3) is 0 Å². The molecule has 2 N–H and O–H groups in total. The standard InChI is InChI=1S/C17H20N2O2S/c1-3-13-7-4-6-12(2)16(13)19-15(20)9-10-18-17(21)14-8-5-11-22-14/h4-8,11H,3,9-10H2,1-2H3,(H,18,21)(H,19,20). The molecule has 0 saturated heterocycles. The van der Waals surface area contributed by atoms with Gasteiger partial charge in [0.15, 0.2) is 0 Å². The molecule has 0 bridgehead atoms. The topological polar surface area (TPSA) is 58.2 Å². The van der Waals surface area contributed by atoms with Gasteiger partial charge in [-0.1, -0.05) is 31.2 Å². The van der Waals surface area contributed by atoms with E-state index in [0.29, 0.717) is 11.4 Å². The number of carbonyl (C=O) groups excluding carboxylic acids is 2. The second-order valence-electron chi connectivity index (χ2n) is 4.99. The molecule has 22 heavy (non-hydrogen) atoms. The molecule has 0 saturated carbocycles. The fraction of sp³-hybridized carbons (Fsp3) is 0.294. The summed E-state index contributed by atoms with van der Waals surface area (Å²) in [4.78, 5) is 24.5. The van der Waals surface area contributed by atoms with Crippen molar-refractivity contribution in [3.8, 4) is 0 Å². The lowest BCUT2D eigenvalue weighted by Gasteiger charge is -2.13. The summed E-state index contributed by atoms with van der Waals surface area (Å²) in [6.45, 7) is 4.37. The zero-order valence-electron chi connectivity index (χ0n) is 12.8. The smallest absolute Gasteiger partial charge is 0.261 e. The van der Waals surface area contributed by atoms with E-state index >= 15 is 0 Å². The number of aryl methyl sites for hydroxylation is 2. The Balaban J connectivity index is 1.85. The second-order valence-corrected chi connectivity index (χ2v) is 5.94. The van der Waals surface area contributed by atoms with Gasteiger partial charge in [0.2, 0.25) is 5.91 Å². The maximum Gasteiger partial charge on any atom is 0.261 e. The molecule has 5 heteroatoms.